The molecule has 238 valence electrons. The Kier molecular flexibility index (Phi) is 10.2. The highest BCUT2D eigenvalue weighted by Crippen LogP contribution is 2.41. The number of ether oxygens (including phenoxy) is 1. The largest absolute Gasteiger partial charge is 0.493 e. The number of nitrogens with zero attached hydrogens (tertiary/aromatic N) is 3. The van der Waals surface area contributed by atoms with Gasteiger partial charge in [-0.05, 0) is 73.6 Å². The van der Waals surface area contributed by atoms with Crippen molar-refractivity contribution in [2.24, 2.45) is 5.92 Å². The number of rotatable bonds is 13. The maximum absolute atomic E-state index is 14.4. The third-order valence-electron chi connectivity index (χ3n) is 9.68. The van der Waals surface area contributed by atoms with Crippen LogP contribution in [0.3, 0.4) is 0 Å². The van der Waals surface area contributed by atoms with E-state index < -0.39 is 17.9 Å². The van der Waals surface area contributed by atoms with Gasteiger partial charge in [0.05, 0.1) is 19.1 Å². The van der Waals surface area contributed by atoms with Gasteiger partial charge < -0.3 is 19.6 Å². The smallest absolute Gasteiger partial charge is 0.308 e. The molecule has 2 aromatic carbocycles. The van der Waals surface area contributed by atoms with Crippen molar-refractivity contribution in [3.05, 3.63) is 58.9 Å². The molecule has 0 saturated carbocycles. The third kappa shape index (κ3) is 6.77. The number of halogens is 1. The summed E-state index contributed by atoms with van der Waals surface area (Å²) in [5.41, 5.74) is 3.18. The summed E-state index contributed by atoms with van der Waals surface area (Å²) in [5, 5.41) is 10.6. The first-order valence-electron chi connectivity index (χ1n) is 16.3. The summed E-state index contributed by atoms with van der Waals surface area (Å²) in [6.07, 6.45) is 6.03. The first-order valence-corrected chi connectivity index (χ1v) is 16.3. The van der Waals surface area contributed by atoms with Gasteiger partial charge in [0.15, 0.2) is 0 Å². The van der Waals surface area contributed by atoms with Crippen LogP contribution in [0.5, 0.6) is 5.75 Å². The molecule has 0 radical (unpaired) electrons. The zero-order chi connectivity index (χ0) is 31.4. The minimum Gasteiger partial charge on any atom is -0.493 e. The summed E-state index contributed by atoms with van der Waals surface area (Å²) < 4.78 is 20.0. The first kappa shape index (κ1) is 31.9. The number of anilines is 1. The topological polar surface area (TPSA) is 90.4 Å². The van der Waals surface area contributed by atoms with Crippen LogP contribution in [0.4, 0.5) is 10.1 Å². The number of aliphatic carboxylic acids is 1. The fourth-order valence-corrected chi connectivity index (χ4v) is 7.51. The van der Waals surface area contributed by atoms with Gasteiger partial charge in [-0.1, -0.05) is 38.8 Å². The van der Waals surface area contributed by atoms with Crippen LogP contribution in [0.2, 0.25) is 0 Å². The molecule has 2 fully saturated rings. The van der Waals surface area contributed by atoms with Gasteiger partial charge in [-0.15, -0.1) is 0 Å². The number of hydrogen-bond donors (Lipinski definition) is 1. The summed E-state index contributed by atoms with van der Waals surface area (Å²) in [6, 6.07) is 10.3. The molecule has 3 aliphatic heterocycles. The summed E-state index contributed by atoms with van der Waals surface area (Å²) in [4.78, 5) is 45.5. The predicted octanol–water partition coefficient (Wildman–Crippen LogP) is 5.55. The molecule has 9 heteroatoms. The van der Waals surface area contributed by atoms with Gasteiger partial charge >= 0.3 is 5.97 Å². The quantitative estimate of drug-likeness (QED) is 0.321. The van der Waals surface area contributed by atoms with Gasteiger partial charge in [0, 0.05) is 56.2 Å². The van der Waals surface area contributed by atoms with Crippen molar-refractivity contribution in [3.8, 4) is 5.75 Å². The molecule has 8 nitrogen and oxygen atoms in total. The zero-order valence-electron chi connectivity index (χ0n) is 26.3. The minimum absolute atomic E-state index is 0.0478. The van der Waals surface area contributed by atoms with E-state index in [1.54, 1.807) is 19.1 Å². The molecule has 3 heterocycles. The molecule has 1 unspecified atom stereocenters. The summed E-state index contributed by atoms with van der Waals surface area (Å²) >= 11 is 0. The molecule has 2 aromatic rings. The van der Waals surface area contributed by atoms with Crippen LogP contribution in [0, 0.1) is 18.7 Å². The molecular weight excluding hydrogens is 561 g/mol. The normalized spacial score (nSPS) is 21.6. The Morgan fingerprint density at radius 3 is 2.55 bits per heavy atom. The Balaban J connectivity index is 1.47. The van der Waals surface area contributed by atoms with Gasteiger partial charge in [-0.3, -0.25) is 19.3 Å². The van der Waals surface area contributed by atoms with E-state index in [0.717, 1.165) is 55.4 Å². The van der Waals surface area contributed by atoms with Crippen LogP contribution in [0.1, 0.15) is 81.4 Å². The second-order valence-corrected chi connectivity index (χ2v) is 12.6. The van der Waals surface area contributed by atoms with Crippen molar-refractivity contribution in [3.63, 3.8) is 0 Å². The van der Waals surface area contributed by atoms with Crippen molar-refractivity contribution >= 4 is 23.5 Å². The monoisotopic (exact) mass is 607 g/mol. The Labute approximate surface area is 260 Å². The molecule has 0 spiro atoms. The maximum Gasteiger partial charge on any atom is 0.308 e. The predicted molar refractivity (Wildman–Crippen MR) is 168 cm³/mol. The lowest BCUT2D eigenvalue weighted by molar-refractivity contribution is -0.143. The molecular formula is C35H46FN3O5. The van der Waals surface area contributed by atoms with Crippen LogP contribution in [-0.2, 0) is 20.8 Å². The number of carbonyl (C=O) groups excluding carboxylic acids is 2. The lowest BCUT2D eigenvalue weighted by Gasteiger charge is -2.35. The van der Waals surface area contributed by atoms with E-state index in [9.17, 15) is 23.9 Å². The average molecular weight is 608 g/mol. The van der Waals surface area contributed by atoms with Crippen molar-refractivity contribution < 1.29 is 28.6 Å². The molecule has 0 bridgehead atoms. The highest BCUT2D eigenvalue weighted by atomic mass is 19.1. The Hall–Kier alpha value is -3.46. The van der Waals surface area contributed by atoms with E-state index in [1.807, 2.05) is 26.8 Å². The first-order chi connectivity index (χ1) is 21.2. The van der Waals surface area contributed by atoms with Crippen molar-refractivity contribution in [2.45, 2.75) is 90.1 Å². The number of carbonyl (C=O) groups is 3. The van der Waals surface area contributed by atoms with Crippen molar-refractivity contribution in [1.29, 1.82) is 0 Å². The molecule has 3 atom stereocenters. The zero-order valence-corrected chi connectivity index (χ0v) is 26.3. The second-order valence-electron chi connectivity index (χ2n) is 12.6. The van der Waals surface area contributed by atoms with E-state index >= 15 is 0 Å². The number of benzene rings is 2. The van der Waals surface area contributed by atoms with E-state index in [2.05, 4.69) is 19.9 Å². The highest BCUT2D eigenvalue weighted by Gasteiger charge is 2.48. The van der Waals surface area contributed by atoms with E-state index in [-0.39, 0.29) is 36.1 Å². The number of likely N-dealkylation sites (tertiary alicyclic amines) is 2. The fraction of sp³-hybridized carbons (Fsp3) is 0.571. The van der Waals surface area contributed by atoms with E-state index in [4.69, 9.17) is 4.74 Å². The average Bonchev–Trinajstić information content (AvgIpc) is 3.72. The van der Waals surface area contributed by atoms with Gasteiger partial charge in [0.25, 0.3) is 0 Å². The summed E-state index contributed by atoms with van der Waals surface area (Å²) in [5.74, 6) is -1.41. The number of amides is 2. The summed E-state index contributed by atoms with van der Waals surface area (Å²) in [7, 11) is 0. The van der Waals surface area contributed by atoms with Crippen molar-refractivity contribution in [2.75, 3.05) is 37.7 Å². The van der Waals surface area contributed by atoms with Crippen molar-refractivity contribution in [1.82, 2.24) is 9.80 Å². The summed E-state index contributed by atoms with van der Waals surface area (Å²) in [6.45, 7) is 8.14. The number of aryl methyl sites for hydroxylation is 1. The Morgan fingerprint density at radius 1 is 1.11 bits per heavy atom. The molecule has 44 heavy (non-hydrogen) atoms. The lowest BCUT2D eigenvalue weighted by atomic mass is 9.83. The van der Waals surface area contributed by atoms with Crippen LogP contribution >= 0.6 is 0 Å². The SMILES string of the molecule is CCCC(CCC)N(C(=O)CN1C[C@H](c2ccc3c(c2)CCO3)C(C(=O)O)[C@@H]1CCN1CCCC1=O)c1ccc(F)c(C)c1. The number of hydrogen-bond acceptors (Lipinski definition) is 5. The molecule has 0 aromatic heterocycles. The molecule has 0 aliphatic carbocycles. The lowest BCUT2D eigenvalue weighted by Crippen LogP contribution is -2.48. The highest BCUT2D eigenvalue weighted by molar-refractivity contribution is 5.95. The van der Waals surface area contributed by atoms with E-state index in [0.29, 0.717) is 50.3 Å². The molecule has 1 N–H and O–H groups in total. The molecule has 2 saturated heterocycles. The molecule has 2 amide bonds. The van der Waals surface area contributed by atoms with Gasteiger partial charge in [-0.2, -0.15) is 0 Å². The fourth-order valence-electron chi connectivity index (χ4n) is 7.51. The second kappa shape index (κ2) is 14.1. The number of carboxylic acids is 1. The molecule has 3 aliphatic rings. The van der Waals surface area contributed by atoms with Gasteiger partial charge in [0.1, 0.15) is 11.6 Å². The van der Waals surface area contributed by atoms with Crippen LogP contribution in [0.25, 0.3) is 0 Å². The number of fused-ring (bicyclic) bond motifs is 1. The van der Waals surface area contributed by atoms with Crippen LogP contribution in [0.15, 0.2) is 36.4 Å². The standard InChI is InChI=1S/C35H46FN3O5/c1-4-7-26(8-5-2)39(27-11-12-29(36)23(3)19-27)33(41)22-38-21-28(24-10-13-31-25(20-24)15-18-44-31)34(35(42)43)30(38)14-17-37-16-6-9-32(37)40/h10-13,19-20,26,28,30,34H,4-9,14-18,21-22H2,1-3H3,(H,42,43)/t28-,30+,34?/m1/s1. The number of carboxylic acid groups (broad SMARTS) is 1. The van der Waals surface area contributed by atoms with E-state index in [1.165, 1.54) is 6.07 Å². The van der Waals surface area contributed by atoms with Crippen LogP contribution < -0.4 is 9.64 Å². The van der Waals surface area contributed by atoms with Gasteiger partial charge in [0.2, 0.25) is 11.8 Å². The molecule has 5 rings (SSSR count). The third-order valence-corrected chi connectivity index (χ3v) is 9.68. The van der Waals surface area contributed by atoms with Gasteiger partial charge in [-0.25, -0.2) is 4.39 Å². The Morgan fingerprint density at radius 2 is 1.89 bits per heavy atom. The van der Waals surface area contributed by atoms with Crippen LogP contribution in [-0.4, -0.2) is 77.6 Å². The minimum atomic E-state index is -0.889. The maximum atomic E-state index is 14.4. The Bertz CT molecular complexity index is 1360.